The summed E-state index contributed by atoms with van der Waals surface area (Å²) in [6.45, 7) is 7.22. The smallest absolute Gasteiger partial charge is 0.272 e. The van der Waals surface area contributed by atoms with E-state index in [4.69, 9.17) is 0 Å². The van der Waals surface area contributed by atoms with E-state index in [0.29, 0.717) is 15.9 Å². The van der Waals surface area contributed by atoms with Crippen LogP contribution in [-0.4, -0.2) is 19.9 Å². The first-order chi connectivity index (χ1) is 10.9. The SMILES string of the molecule is CCc1ccc(S(=O)(=O)Nc2ccc(NCCC(C)C)cn2)s1. The summed E-state index contributed by atoms with van der Waals surface area (Å²) < 4.78 is 27.4. The molecule has 0 aliphatic rings. The number of nitrogens with zero attached hydrogens (tertiary/aromatic N) is 1. The van der Waals surface area contributed by atoms with Gasteiger partial charge in [0.25, 0.3) is 10.0 Å². The quantitative estimate of drug-likeness (QED) is 0.753. The molecule has 0 atom stereocenters. The number of aryl methyl sites for hydroxylation is 1. The van der Waals surface area contributed by atoms with Gasteiger partial charge in [-0.2, -0.15) is 0 Å². The van der Waals surface area contributed by atoms with Crippen molar-refractivity contribution in [2.75, 3.05) is 16.6 Å². The number of nitrogens with one attached hydrogen (secondary N) is 2. The summed E-state index contributed by atoms with van der Waals surface area (Å²) in [6.07, 6.45) is 3.55. The van der Waals surface area contributed by atoms with Crippen molar-refractivity contribution in [3.63, 3.8) is 0 Å². The Balaban J connectivity index is 1.99. The van der Waals surface area contributed by atoms with Gasteiger partial charge in [-0.05, 0) is 43.0 Å². The van der Waals surface area contributed by atoms with Gasteiger partial charge in [-0.25, -0.2) is 13.4 Å². The molecule has 5 nitrogen and oxygen atoms in total. The van der Waals surface area contributed by atoms with Gasteiger partial charge in [0.1, 0.15) is 10.0 Å². The van der Waals surface area contributed by atoms with Crippen LogP contribution >= 0.6 is 11.3 Å². The summed E-state index contributed by atoms with van der Waals surface area (Å²) >= 11 is 1.29. The predicted octanol–water partition coefficient (Wildman–Crippen LogP) is 3.96. The van der Waals surface area contributed by atoms with Crippen LogP contribution in [0.3, 0.4) is 0 Å². The highest BCUT2D eigenvalue weighted by Gasteiger charge is 2.17. The molecule has 0 radical (unpaired) electrons. The third-order valence-corrected chi connectivity index (χ3v) is 6.38. The highest BCUT2D eigenvalue weighted by molar-refractivity contribution is 7.94. The summed E-state index contributed by atoms with van der Waals surface area (Å²) in [7, 11) is -3.56. The molecule has 0 bridgehead atoms. The van der Waals surface area contributed by atoms with Gasteiger partial charge in [0.15, 0.2) is 0 Å². The molecule has 0 aliphatic heterocycles. The van der Waals surface area contributed by atoms with E-state index >= 15 is 0 Å². The van der Waals surface area contributed by atoms with Gasteiger partial charge in [-0.1, -0.05) is 20.8 Å². The van der Waals surface area contributed by atoms with E-state index in [2.05, 4.69) is 28.9 Å². The minimum absolute atomic E-state index is 0.315. The van der Waals surface area contributed by atoms with Crippen LogP contribution in [-0.2, 0) is 16.4 Å². The fraction of sp³-hybridized carbons (Fsp3) is 0.438. The number of hydrogen-bond acceptors (Lipinski definition) is 5. The summed E-state index contributed by atoms with van der Waals surface area (Å²) in [5, 5.41) is 3.27. The Hall–Kier alpha value is -1.60. The van der Waals surface area contributed by atoms with Gasteiger partial charge in [0, 0.05) is 11.4 Å². The molecule has 2 aromatic rings. The molecular weight excluding hydrogens is 330 g/mol. The molecule has 2 rings (SSSR count). The predicted molar refractivity (Wildman–Crippen MR) is 96.7 cm³/mol. The lowest BCUT2D eigenvalue weighted by molar-refractivity contribution is 0.603. The minimum Gasteiger partial charge on any atom is -0.384 e. The third-order valence-electron chi connectivity index (χ3n) is 3.30. The molecule has 0 saturated heterocycles. The van der Waals surface area contributed by atoms with Crippen LogP contribution in [0, 0.1) is 5.92 Å². The van der Waals surface area contributed by atoms with Crippen LogP contribution in [0.2, 0.25) is 0 Å². The summed E-state index contributed by atoms with van der Waals surface area (Å²) in [5.74, 6) is 0.964. The van der Waals surface area contributed by atoms with Crippen molar-refractivity contribution < 1.29 is 8.42 Å². The number of hydrogen-bond donors (Lipinski definition) is 2. The number of rotatable bonds is 8. The maximum absolute atomic E-state index is 12.3. The Morgan fingerprint density at radius 3 is 2.57 bits per heavy atom. The minimum atomic E-state index is -3.56. The zero-order valence-corrected chi connectivity index (χ0v) is 15.3. The van der Waals surface area contributed by atoms with E-state index in [0.717, 1.165) is 30.0 Å². The molecule has 0 saturated carbocycles. The Morgan fingerprint density at radius 2 is 2.00 bits per heavy atom. The monoisotopic (exact) mass is 353 g/mol. The number of pyridine rings is 1. The molecule has 0 amide bonds. The third kappa shape index (κ3) is 5.21. The Morgan fingerprint density at radius 1 is 1.22 bits per heavy atom. The number of anilines is 2. The number of aromatic nitrogens is 1. The molecule has 126 valence electrons. The van der Waals surface area contributed by atoms with Gasteiger partial charge in [-0.3, -0.25) is 4.72 Å². The molecule has 23 heavy (non-hydrogen) atoms. The second-order valence-electron chi connectivity index (χ2n) is 5.72. The van der Waals surface area contributed by atoms with Crippen molar-refractivity contribution in [1.82, 2.24) is 4.98 Å². The molecule has 0 fully saturated rings. The average molecular weight is 354 g/mol. The zero-order chi connectivity index (χ0) is 16.9. The normalized spacial score (nSPS) is 11.7. The lowest BCUT2D eigenvalue weighted by Gasteiger charge is -2.09. The van der Waals surface area contributed by atoms with Crippen molar-refractivity contribution >= 4 is 32.9 Å². The highest BCUT2D eigenvalue weighted by Crippen LogP contribution is 2.24. The topological polar surface area (TPSA) is 71.1 Å². The molecule has 0 unspecified atom stereocenters. The molecule has 2 N–H and O–H groups in total. The molecule has 2 heterocycles. The van der Waals surface area contributed by atoms with Crippen molar-refractivity contribution in [2.45, 2.75) is 37.8 Å². The fourth-order valence-corrected chi connectivity index (χ4v) is 4.25. The summed E-state index contributed by atoms with van der Waals surface area (Å²) in [4.78, 5) is 5.21. The Kier molecular flexibility index (Phi) is 6.01. The molecular formula is C16H23N3O2S2. The molecule has 0 aliphatic carbocycles. The van der Waals surface area contributed by atoms with Crippen molar-refractivity contribution in [3.05, 3.63) is 35.3 Å². The van der Waals surface area contributed by atoms with Crippen LogP contribution in [0.15, 0.2) is 34.7 Å². The molecule has 0 aromatic carbocycles. The highest BCUT2D eigenvalue weighted by atomic mass is 32.2. The second-order valence-corrected chi connectivity index (χ2v) is 8.80. The first-order valence-corrected chi connectivity index (χ1v) is 10.0. The van der Waals surface area contributed by atoms with E-state index in [9.17, 15) is 8.42 Å². The molecule has 0 spiro atoms. The first kappa shape index (κ1) is 17.7. The van der Waals surface area contributed by atoms with E-state index in [1.165, 1.54) is 11.3 Å². The molecule has 2 aromatic heterocycles. The van der Waals surface area contributed by atoms with Gasteiger partial charge < -0.3 is 5.32 Å². The Labute approximate surface area is 142 Å². The van der Waals surface area contributed by atoms with Crippen molar-refractivity contribution in [2.24, 2.45) is 5.92 Å². The second kappa shape index (κ2) is 7.79. The van der Waals surface area contributed by atoms with E-state index in [-0.39, 0.29) is 0 Å². The average Bonchev–Trinajstić information content (AvgIpc) is 2.98. The van der Waals surface area contributed by atoms with Crippen LogP contribution in [0.5, 0.6) is 0 Å². The lowest BCUT2D eigenvalue weighted by atomic mass is 10.1. The fourth-order valence-electron chi connectivity index (χ4n) is 1.94. The number of sulfonamides is 1. The van der Waals surface area contributed by atoms with Crippen LogP contribution < -0.4 is 10.0 Å². The van der Waals surface area contributed by atoms with E-state index in [1.807, 2.05) is 19.1 Å². The standard InChI is InChI=1S/C16H23N3O2S2/c1-4-14-6-8-16(22-14)23(20,21)19-15-7-5-13(11-18-15)17-10-9-12(2)3/h5-8,11-12,17H,4,9-10H2,1-3H3,(H,18,19). The van der Waals surface area contributed by atoms with Crippen LogP contribution in [0.4, 0.5) is 11.5 Å². The summed E-state index contributed by atoms with van der Waals surface area (Å²) in [6, 6.07) is 6.97. The largest absolute Gasteiger partial charge is 0.384 e. The van der Waals surface area contributed by atoms with Gasteiger partial charge >= 0.3 is 0 Å². The van der Waals surface area contributed by atoms with Gasteiger partial charge in [-0.15, -0.1) is 11.3 Å². The van der Waals surface area contributed by atoms with Crippen molar-refractivity contribution in [1.29, 1.82) is 0 Å². The zero-order valence-electron chi connectivity index (χ0n) is 13.7. The Bertz CT molecular complexity index is 722. The number of thiophene rings is 1. The maximum atomic E-state index is 12.3. The van der Waals surface area contributed by atoms with Crippen molar-refractivity contribution in [3.8, 4) is 0 Å². The maximum Gasteiger partial charge on any atom is 0.272 e. The van der Waals surface area contributed by atoms with E-state index < -0.39 is 10.0 Å². The van der Waals surface area contributed by atoms with Gasteiger partial charge in [0.05, 0.1) is 11.9 Å². The first-order valence-electron chi connectivity index (χ1n) is 7.72. The lowest BCUT2D eigenvalue weighted by Crippen LogP contribution is -2.12. The van der Waals surface area contributed by atoms with Crippen LogP contribution in [0.25, 0.3) is 0 Å². The van der Waals surface area contributed by atoms with Gasteiger partial charge in [0.2, 0.25) is 0 Å². The summed E-state index contributed by atoms with van der Waals surface area (Å²) in [5.41, 5.74) is 0.887. The van der Waals surface area contributed by atoms with Crippen LogP contribution in [0.1, 0.15) is 32.1 Å². The molecule has 7 heteroatoms. The van der Waals surface area contributed by atoms with E-state index in [1.54, 1.807) is 18.3 Å².